The Labute approximate surface area is 158 Å². The lowest BCUT2D eigenvalue weighted by atomic mass is 9.77. The van der Waals surface area contributed by atoms with Crippen LogP contribution in [0.3, 0.4) is 0 Å². The van der Waals surface area contributed by atoms with Crippen molar-refractivity contribution >= 4 is 17.5 Å². The van der Waals surface area contributed by atoms with Crippen molar-refractivity contribution in [3.63, 3.8) is 0 Å². The summed E-state index contributed by atoms with van der Waals surface area (Å²) in [5.41, 5.74) is 7.20. The molecule has 1 spiro atoms. The number of nitrogens with two attached hydrogens (primary N) is 1. The molecule has 1 aliphatic heterocycles. The van der Waals surface area contributed by atoms with E-state index in [0.29, 0.717) is 16.9 Å². The molecule has 0 unspecified atom stereocenters. The molecule has 2 fully saturated rings. The number of nitrogen functional groups attached to an aromatic ring is 1. The first-order valence-corrected chi connectivity index (χ1v) is 9.62. The maximum absolute atomic E-state index is 13.0. The van der Waals surface area contributed by atoms with Crippen LogP contribution < -0.4 is 16.2 Å². The van der Waals surface area contributed by atoms with Gasteiger partial charge in [0.15, 0.2) is 0 Å². The van der Waals surface area contributed by atoms with E-state index in [0.717, 1.165) is 25.9 Å². The Hall–Kier alpha value is -2.70. The summed E-state index contributed by atoms with van der Waals surface area (Å²) in [6.07, 6.45) is 10.8. The Balaban J connectivity index is 1.63. The first-order valence-electron chi connectivity index (χ1n) is 9.62. The van der Waals surface area contributed by atoms with Gasteiger partial charge in [-0.2, -0.15) is 4.98 Å². The first kappa shape index (κ1) is 17.7. The lowest BCUT2D eigenvalue weighted by Crippen LogP contribution is -2.42. The van der Waals surface area contributed by atoms with Crippen LogP contribution in [0.25, 0.3) is 0 Å². The second kappa shape index (κ2) is 6.79. The molecular formula is C20H26N6O. The average molecular weight is 366 g/mol. The molecule has 4 rings (SSSR count). The molecule has 27 heavy (non-hydrogen) atoms. The van der Waals surface area contributed by atoms with E-state index in [1.165, 1.54) is 30.3 Å². The molecular weight excluding hydrogens is 340 g/mol. The van der Waals surface area contributed by atoms with Crippen molar-refractivity contribution < 1.29 is 0 Å². The molecule has 0 bridgehead atoms. The summed E-state index contributed by atoms with van der Waals surface area (Å²) < 4.78 is 1.54. The minimum absolute atomic E-state index is 0.0816. The number of pyridine rings is 1. The molecule has 7 nitrogen and oxygen atoms in total. The van der Waals surface area contributed by atoms with E-state index < -0.39 is 0 Å². The average Bonchev–Trinajstić information content (AvgIpc) is 3.14. The van der Waals surface area contributed by atoms with Gasteiger partial charge in [0.2, 0.25) is 5.95 Å². The Morgan fingerprint density at radius 3 is 2.41 bits per heavy atom. The molecule has 0 aromatic carbocycles. The van der Waals surface area contributed by atoms with Gasteiger partial charge in [-0.3, -0.25) is 19.8 Å². The molecule has 1 saturated carbocycles. The van der Waals surface area contributed by atoms with Crippen LogP contribution in [0.2, 0.25) is 0 Å². The third kappa shape index (κ3) is 3.11. The standard InChI is InChI=1S/C20H26N6O/c1-25-18(27)15(16(21)14-4-10-23-11-5-14)17(22)24-19(25)26-12-8-20(9-13-26)6-2-3-7-20/h4-5,10-11,21H,2-3,6-9,12-13,22H2,1H3. The highest BCUT2D eigenvalue weighted by Crippen LogP contribution is 2.46. The molecule has 3 heterocycles. The van der Waals surface area contributed by atoms with Crippen LogP contribution >= 0.6 is 0 Å². The molecule has 142 valence electrons. The van der Waals surface area contributed by atoms with Gasteiger partial charge in [-0.15, -0.1) is 0 Å². The zero-order valence-electron chi connectivity index (χ0n) is 15.7. The van der Waals surface area contributed by atoms with Crippen LogP contribution in [-0.2, 0) is 7.05 Å². The van der Waals surface area contributed by atoms with E-state index in [-0.39, 0.29) is 22.7 Å². The number of rotatable bonds is 3. The smallest absolute Gasteiger partial charge is 0.266 e. The van der Waals surface area contributed by atoms with Gasteiger partial charge in [-0.25, -0.2) is 0 Å². The van der Waals surface area contributed by atoms with Crippen LogP contribution in [0.15, 0.2) is 29.3 Å². The predicted molar refractivity (Wildman–Crippen MR) is 106 cm³/mol. The number of hydrogen-bond donors (Lipinski definition) is 2. The first-order chi connectivity index (χ1) is 13.0. The van der Waals surface area contributed by atoms with E-state index in [1.807, 2.05) is 0 Å². The second-order valence-electron chi connectivity index (χ2n) is 7.84. The normalized spacial score (nSPS) is 18.8. The van der Waals surface area contributed by atoms with Gasteiger partial charge in [0, 0.05) is 38.1 Å². The van der Waals surface area contributed by atoms with E-state index in [9.17, 15) is 4.79 Å². The largest absolute Gasteiger partial charge is 0.383 e. The van der Waals surface area contributed by atoms with Crippen LogP contribution in [0.4, 0.5) is 11.8 Å². The molecule has 0 radical (unpaired) electrons. The van der Waals surface area contributed by atoms with Gasteiger partial charge in [0.05, 0.1) is 5.71 Å². The second-order valence-corrected chi connectivity index (χ2v) is 7.84. The number of nitrogens with zero attached hydrogens (tertiary/aromatic N) is 4. The van der Waals surface area contributed by atoms with Crippen LogP contribution in [0.1, 0.15) is 49.7 Å². The lowest BCUT2D eigenvalue weighted by Gasteiger charge is -2.40. The van der Waals surface area contributed by atoms with Crippen LogP contribution in [-0.4, -0.2) is 33.3 Å². The SMILES string of the molecule is Cn1c(N2CCC3(CCCC3)CC2)nc(N)c(C(=N)c2ccncc2)c1=O. The van der Waals surface area contributed by atoms with Gasteiger partial charge < -0.3 is 10.6 Å². The Kier molecular flexibility index (Phi) is 4.45. The zero-order chi connectivity index (χ0) is 19.0. The molecule has 2 aromatic heterocycles. The van der Waals surface area contributed by atoms with Crippen LogP contribution in [0, 0.1) is 10.8 Å². The summed E-state index contributed by atoms with van der Waals surface area (Å²) in [6, 6.07) is 3.39. The fourth-order valence-electron chi connectivity index (χ4n) is 4.59. The highest BCUT2D eigenvalue weighted by Gasteiger charge is 2.37. The molecule has 1 saturated heterocycles. The molecule has 2 aromatic rings. The van der Waals surface area contributed by atoms with Crippen molar-refractivity contribution in [3.8, 4) is 0 Å². The Morgan fingerprint density at radius 2 is 1.78 bits per heavy atom. The number of hydrogen-bond acceptors (Lipinski definition) is 6. The third-order valence-corrected chi connectivity index (χ3v) is 6.29. The van der Waals surface area contributed by atoms with Gasteiger partial charge in [0.25, 0.3) is 5.56 Å². The third-order valence-electron chi connectivity index (χ3n) is 6.29. The van der Waals surface area contributed by atoms with E-state index in [1.54, 1.807) is 31.6 Å². The maximum atomic E-state index is 13.0. The van der Waals surface area contributed by atoms with Crippen molar-refractivity contribution in [3.05, 3.63) is 46.0 Å². The minimum atomic E-state index is -0.277. The molecule has 0 amide bonds. The summed E-state index contributed by atoms with van der Waals surface area (Å²) in [5.74, 6) is 0.729. The van der Waals surface area contributed by atoms with Crippen molar-refractivity contribution in [2.45, 2.75) is 38.5 Å². The molecule has 3 N–H and O–H groups in total. The Bertz CT molecular complexity index is 904. The molecule has 7 heteroatoms. The van der Waals surface area contributed by atoms with E-state index >= 15 is 0 Å². The minimum Gasteiger partial charge on any atom is -0.383 e. The quantitative estimate of drug-likeness (QED) is 0.812. The van der Waals surface area contributed by atoms with E-state index in [2.05, 4.69) is 14.9 Å². The maximum Gasteiger partial charge on any atom is 0.266 e. The zero-order valence-corrected chi connectivity index (χ0v) is 15.7. The van der Waals surface area contributed by atoms with Crippen molar-refractivity contribution in [1.29, 1.82) is 5.41 Å². The van der Waals surface area contributed by atoms with Gasteiger partial charge >= 0.3 is 0 Å². The topological polar surface area (TPSA) is 101 Å². The fourth-order valence-corrected chi connectivity index (χ4v) is 4.59. The summed E-state index contributed by atoms with van der Waals surface area (Å²) >= 11 is 0. The lowest BCUT2D eigenvalue weighted by molar-refractivity contribution is 0.225. The number of anilines is 2. The fraction of sp³-hybridized carbons (Fsp3) is 0.500. The number of piperidine rings is 1. The number of aromatic nitrogens is 3. The monoisotopic (exact) mass is 366 g/mol. The summed E-state index contributed by atoms with van der Waals surface area (Å²) in [4.78, 5) is 23.6. The molecule has 0 atom stereocenters. The Morgan fingerprint density at radius 1 is 1.15 bits per heavy atom. The molecule has 2 aliphatic rings. The van der Waals surface area contributed by atoms with Crippen LogP contribution in [0.5, 0.6) is 0 Å². The van der Waals surface area contributed by atoms with Gasteiger partial charge in [-0.1, -0.05) is 12.8 Å². The van der Waals surface area contributed by atoms with Gasteiger partial charge in [-0.05, 0) is 43.2 Å². The summed E-state index contributed by atoms with van der Waals surface area (Å²) in [7, 11) is 1.72. The summed E-state index contributed by atoms with van der Waals surface area (Å²) in [5, 5.41) is 8.40. The highest BCUT2D eigenvalue weighted by molar-refractivity contribution is 6.13. The number of nitrogens with one attached hydrogen (secondary N) is 1. The van der Waals surface area contributed by atoms with Crippen molar-refractivity contribution in [2.75, 3.05) is 23.7 Å². The van der Waals surface area contributed by atoms with Gasteiger partial charge in [0.1, 0.15) is 11.4 Å². The van der Waals surface area contributed by atoms with Crippen molar-refractivity contribution in [2.24, 2.45) is 12.5 Å². The molecule has 1 aliphatic carbocycles. The van der Waals surface area contributed by atoms with Crippen molar-refractivity contribution in [1.82, 2.24) is 14.5 Å². The predicted octanol–water partition coefficient (Wildman–Crippen LogP) is 2.33. The highest BCUT2D eigenvalue weighted by atomic mass is 16.1. The summed E-state index contributed by atoms with van der Waals surface area (Å²) in [6.45, 7) is 1.81. The van der Waals surface area contributed by atoms with E-state index in [4.69, 9.17) is 11.1 Å².